The molecule has 1 saturated carbocycles. The minimum Gasteiger partial charge on any atom is -0.376 e. The predicted octanol–water partition coefficient (Wildman–Crippen LogP) is 4.26. The molecule has 1 aromatic carbocycles. The highest BCUT2D eigenvalue weighted by Gasteiger charge is 2.36. The van der Waals surface area contributed by atoms with E-state index in [0.717, 1.165) is 31.0 Å². The van der Waals surface area contributed by atoms with E-state index >= 15 is 0 Å². The Morgan fingerprint density at radius 1 is 1.14 bits per heavy atom. The first-order valence-corrected chi connectivity index (χ1v) is 8.63. The average Bonchev–Trinajstić information content (AvgIpc) is 2.52. The lowest BCUT2D eigenvalue weighted by Gasteiger charge is -2.43. The van der Waals surface area contributed by atoms with Gasteiger partial charge in [-0.15, -0.1) is 0 Å². The van der Waals surface area contributed by atoms with Crippen molar-refractivity contribution in [2.45, 2.75) is 46.1 Å². The molecule has 1 aliphatic rings. The molecule has 0 amide bonds. The molecule has 0 spiro atoms. The van der Waals surface area contributed by atoms with Gasteiger partial charge in [-0.25, -0.2) is 0 Å². The Bertz CT molecular complexity index is 378. The summed E-state index contributed by atoms with van der Waals surface area (Å²) in [6.45, 7) is 8.70. The Morgan fingerprint density at radius 2 is 1.95 bits per heavy atom. The number of benzene rings is 1. The fourth-order valence-electron chi connectivity index (χ4n) is 3.19. The van der Waals surface area contributed by atoms with Gasteiger partial charge in [0.1, 0.15) is 0 Å². The van der Waals surface area contributed by atoms with Gasteiger partial charge in [0.25, 0.3) is 0 Å². The van der Waals surface area contributed by atoms with Gasteiger partial charge in [0.2, 0.25) is 0 Å². The van der Waals surface area contributed by atoms with Gasteiger partial charge >= 0.3 is 0 Å². The molecule has 3 unspecified atom stereocenters. The van der Waals surface area contributed by atoms with Crippen molar-refractivity contribution in [2.75, 3.05) is 19.7 Å². The third-order valence-corrected chi connectivity index (χ3v) is 4.90. The zero-order chi connectivity index (χ0) is 14.9. The van der Waals surface area contributed by atoms with Gasteiger partial charge in [0, 0.05) is 0 Å². The molecule has 21 heavy (non-hydrogen) atoms. The standard InChI is InChI=1S/C19H31NO/c1-3-4-8-11-20-13-18-12-19(16(18)2)15-21-14-17-9-6-5-7-10-17/h5-7,9-10,16,18-20H,3-4,8,11-15H2,1-2H3. The van der Waals surface area contributed by atoms with Crippen LogP contribution < -0.4 is 5.32 Å². The van der Waals surface area contributed by atoms with Gasteiger partial charge in [-0.05, 0) is 49.2 Å². The van der Waals surface area contributed by atoms with Crippen molar-refractivity contribution >= 4 is 0 Å². The zero-order valence-corrected chi connectivity index (χ0v) is 13.7. The van der Waals surface area contributed by atoms with E-state index in [1.165, 1.54) is 44.3 Å². The number of unbranched alkanes of at least 4 members (excludes halogenated alkanes) is 2. The summed E-state index contributed by atoms with van der Waals surface area (Å²) < 4.78 is 5.88. The zero-order valence-electron chi connectivity index (χ0n) is 13.7. The van der Waals surface area contributed by atoms with Crippen LogP contribution in [-0.4, -0.2) is 19.7 Å². The number of rotatable bonds is 10. The smallest absolute Gasteiger partial charge is 0.0717 e. The molecule has 0 aliphatic heterocycles. The second kappa shape index (κ2) is 9.22. The molecule has 2 rings (SSSR count). The summed E-state index contributed by atoms with van der Waals surface area (Å²) in [6, 6.07) is 10.5. The van der Waals surface area contributed by atoms with E-state index < -0.39 is 0 Å². The molecule has 0 saturated heterocycles. The second-order valence-electron chi connectivity index (χ2n) is 6.53. The van der Waals surface area contributed by atoms with Crippen LogP contribution in [0.5, 0.6) is 0 Å². The van der Waals surface area contributed by atoms with Crippen LogP contribution in [0.4, 0.5) is 0 Å². The van der Waals surface area contributed by atoms with E-state index in [-0.39, 0.29) is 0 Å². The molecular weight excluding hydrogens is 258 g/mol. The molecule has 0 heterocycles. The molecule has 0 radical (unpaired) electrons. The summed E-state index contributed by atoms with van der Waals surface area (Å²) >= 11 is 0. The molecule has 0 bridgehead atoms. The Balaban J connectivity index is 1.52. The molecular formula is C19H31NO. The number of hydrogen-bond donors (Lipinski definition) is 1. The van der Waals surface area contributed by atoms with E-state index in [1.54, 1.807) is 0 Å². The highest BCUT2D eigenvalue weighted by Crippen LogP contribution is 2.39. The maximum absolute atomic E-state index is 5.88. The lowest BCUT2D eigenvalue weighted by Crippen LogP contribution is -2.43. The van der Waals surface area contributed by atoms with Crippen molar-refractivity contribution in [1.82, 2.24) is 5.32 Å². The Morgan fingerprint density at radius 3 is 2.67 bits per heavy atom. The topological polar surface area (TPSA) is 21.3 Å². The minimum atomic E-state index is 0.754. The molecule has 3 atom stereocenters. The van der Waals surface area contributed by atoms with Crippen LogP contribution in [-0.2, 0) is 11.3 Å². The Hall–Kier alpha value is -0.860. The van der Waals surface area contributed by atoms with Crippen LogP contribution in [0.3, 0.4) is 0 Å². The van der Waals surface area contributed by atoms with Crippen LogP contribution in [0.15, 0.2) is 30.3 Å². The Kier molecular flexibility index (Phi) is 7.25. The SMILES string of the molecule is CCCCCNCC1CC(COCc2ccccc2)C1C. The third-order valence-electron chi connectivity index (χ3n) is 4.90. The lowest BCUT2D eigenvalue weighted by molar-refractivity contribution is -0.00899. The number of hydrogen-bond acceptors (Lipinski definition) is 2. The first-order chi connectivity index (χ1) is 10.3. The highest BCUT2D eigenvalue weighted by atomic mass is 16.5. The van der Waals surface area contributed by atoms with Gasteiger partial charge in [0.05, 0.1) is 13.2 Å². The van der Waals surface area contributed by atoms with Gasteiger partial charge in [0.15, 0.2) is 0 Å². The normalized spacial score (nSPS) is 24.8. The van der Waals surface area contributed by atoms with Crippen molar-refractivity contribution < 1.29 is 4.74 Å². The molecule has 1 aromatic rings. The van der Waals surface area contributed by atoms with Crippen LogP contribution in [0, 0.1) is 17.8 Å². The van der Waals surface area contributed by atoms with Crippen molar-refractivity contribution in [3.05, 3.63) is 35.9 Å². The Labute approximate surface area is 130 Å². The summed E-state index contributed by atoms with van der Waals surface area (Å²) in [5.41, 5.74) is 1.28. The van der Waals surface area contributed by atoms with Gasteiger partial charge < -0.3 is 10.1 Å². The van der Waals surface area contributed by atoms with Gasteiger partial charge in [-0.2, -0.15) is 0 Å². The first-order valence-electron chi connectivity index (χ1n) is 8.63. The summed E-state index contributed by atoms with van der Waals surface area (Å²) in [5.74, 6) is 2.42. The van der Waals surface area contributed by atoms with E-state index in [4.69, 9.17) is 4.74 Å². The fraction of sp³-hybridized carbons (Fsp3) is 0.684. The van der Waals surface area contributed by atoms with Crippen molar-refractivity contribution in [2.24, 2.45) is 17.8 Å². The van der Waals surface area contributed by atoms with Crippen LogP contribution >= 0.6 is 0 Å². The molecule has 1 fully saturated rings. The van der Waals surface area contributed by atoms with Crippen LogP contribution in [0.2, 0.25) is 0 Å². The molecule has 0 aromatic heterocycles. The number of ether oxygens (including phenoxy) is 1. The summed E-state index contributed by atoms with van der Waals surface area (Å²) in [7, 11) is 0. The van der Waals surface area contributed by atoms with E-state index in [1.807, 2.05) is 0 Å². The first kappa shape index (κ1) is 16.5. The van der Waals surface area contributed by atoms with Crippen LogP contribution in [0.1, 0.15) is 45.1 Å². The summed E-state index contributed by atoms with van der Waals surface area (Å²) in [5, 5.41) is 3.61. The predicted molar refractivity (Wildman–Crippen MR) is 89.3 cm³/mol. The third kappa shape index (κ3) is 5.44. The average molecular weight is 289 g/mol. The van der Waals surface area contributed by atoms with E-state index in [9.17, 15) is 0 Å². The molecule has 2 nitrogen and oxygen atoms in total. The highest BCUT2D eigenvalue weighted by molar-refractivity contribution is 5.13. The maximum atomic E-state index is 5.88. The lowest BCUT2D eigenvalue weighted by atomic mass is 9.66. The molecule has 2 heteroatoms. The molecule has 1 aliphatic carbocycles. The van der Waals surface area contributed by atoms with Gasteiger partial charge in [-0.3, -0.25) is 0 Å². The van der Waals surface area contributed by atoms with Crippen molar-refractivity contribution in [1.29, 1.82) is 0 Å². The fourth-order valence-corrected chi connectivity index (χ4v) is 3.19. The van der Waals surface area contributed by atoms with E-state index in [2.05, 4.69) is 49.5 Å². The molecule has 1 N–H and O–H groups in total. The monoisotopic (exact) mass is 289 g/mol. The van der Waals surface area contributed by atoms with Gasteiger partial charge in [-0.1, -0.05) is 57.0 Å². The van der Waals surface area contributed by atoms with Crippen LogP contribution in [0.25, 0.3) is 0 Å². The largest absolute Gasteiger partial charge is 0.376 e. The maximum Gasteiger partial charge on any atom is 0.0717 e. The quantitative estimate of drug-likeness (QED) is 0.650. The second-order valence-corrected chi connectivity index (χ2v) is 6.53. The van der Waals surface area contributed by atoms with Crippen molar-refractivity contribution in [3.63, 3.8) is 0 Å². The minimum absolute atomic E-state index is 0.754. The van der Waals surface area contributed by atoms with E-state index in [0.29, 0.717) is 0 Å². The number of nitrogens with one attached hydrogen (secondary N) is 1. The van der Waals surface area contributed by atoms with Crippen molar-refractivity contribution in [3.8, 4) is 0 Å². The molecule has 118 valence electrons. The summed E-state index contributed by atoms with van der Waals surface area (Å²) in [6.07, 6.45) is 5.31. The summed E-state index contributed by atoms with van der Waals surface area (Å²) in [4.78, 5) is 0.